The summed E-state index contributed by atoms with van der Waals surface area (Å²) in [4.78, 5) is 26.7. The number of hydrogen-bond donors (Lipinski definition) is 2. The molecule has 0 saturated carbocycles. The van der Waals surface area contributed by atoms with Gasteiger partial charge < -0.3 is 15.0 Å². The highest BCUT2D eigenvalue weighted by Crippen LogP contribution is 2.04. The quantitative estimate of drug-likeness (QED) is 0.631. The van der Waals surface area contributed by atoms with Gasteiger partial charge in [-0.1, -0.05) is 42.5 Å². The predicted molar refractivity (Wildman–Crippen MR) is 89.4 cm³/mol. The summed E-state index contributed by atoms with van der Waals surface area (Å²) in [7, 11) is 0. The molecule has 1 aromatic carbocycles. The molecule has 0 aliphatic carbocycles. The fraction of sp³-hybridized carbons (Fsp3) is 0.235. The summed E-state index contributed by atoms with van der Waals surface area (Å²) < 4.78 is 5.56. The Bertz CT molecular complexity index is 728. The van der Waals surface area contributed by atoms with Crippen molar-refractivity contribution in [1.29, 1.82) is 0 Å². The first kappa shape index (κ1) is 16.9. The number of amides is 1. The highest BCUT2D eigenvalue weighted by Gasteiger charge is 2.15. The smallest absolute Gasteiger partial charge is 0.308 e. The lowest BCUT2D eigenvalue weighted by Crippen LogP contribution is -2.34. The van der Waals surface area contributed by atoms with Crippen molar-refractivity contribution in [1.82, 2.24) is 10.3 Å². The number of pyridine rings is 1. The van der Waals surface area contributed by atoms with Crippen LogP contribution in [0.15, 0.2) is 48.7 Å². The summed E-state index contributed by atoms with van der Waals surface area (Å²) in [5.74, 6) is -0.671. The number of aromatic nitrogens is 1. The fourth-order valence-electron chi connectivity index (χ4n) is 2.00. The van der Waals surface area contributed by atoms with E-state index in [0.29, 0.717) is 10.2 Å². The van der Waals surface area contributed by atoms with Gasteiger partial charge in [0.25, 0.3) is 5.91 Å². The molecule has 2 N–H and O–H groups in total. The van der Waals surface area contributed by atoms with Crippen molar-refractivity contribution in [3.63, 3.8) is 0 Å². The number of hydrogen-bond acceptors (Lipinski definition) is 4. The minimum atomic E-state index is -0.361. The van der Waals surface area contributed by atoms with Crippen molar-refractivity contribution >= 4 is 24.1 Å². The first-order chi connectivity index (χ1) is 11.1. The predicted octanol–water partition coefficient (Wildman–Crippen LogP) is 3.00. The Morgan fingerprint density at radius 2 is 1.96 bits per heavy atom. The normalized spacial score (nSPS) is 11.5. The summed E-state index contributed by atoms with van der Waals surface area (Å²) in [6.45, 7) is 1.97. The standard InChI is InChI=1S/C17H18N2O3S/c1-12(19-16(21)14-8-5-9-18-17(14)23)10-15(20)22-11-13-6-3-2-4-7-13/h2-9,12H,10-11H2,1H3,(H,18,23)(H,19,21). The van der Waals surface area contributed by atoms with Crippen LogP contribution in [-0.4, -0.2) is 22.9 Å². The Morgan fingerprint density at radius 1 is 1.22 bits per heavy atom. The molecular formula is C17H18N2O3S. The van der Waals surface area contributed by atoms with Crippen LogP contribution in [-0.2, 0) is 16.1 Å². The van der Waals surface area contributed by atoms with Gasteiger partial charge in [0.05, 0.1) is 12.0 Å². The number of carbonyl (C=O) groups excluding carboxylic acids is 2. The molecule has 0 bridgehead atoms. The second kappa shape index (κ2) is 8.24. The highest BCUT2D eigenvalue weighted by atomic mass is 32.1. The zero-order chi connectivity index (χ0) is 16.7. The van der Waals surface area contributed by atoms with E-state index >= 15 is 0 Å². The van der Waals surface area contributed by atoms with E-state index in [2.05, 4.69) is 10.3 Å². The van der Waals surface area contributed by atoms with Crippen molar-refractivity contribution in [2.24, 2.45) is 0 Å². The first-order valence-corrected chi connectivity index (χ1v) is 7.65. The Labute approximate surface area is 139 Å². The van der Waals surface area contributed by atoms with E-state index in [1.807, 2.05) is 30.3 Å². The van der Waals surface area contributed by atoms with Crippen molar-refractivity contribution in [3.8, 4) is 0 Å². The summed E-state index contributed by atoms with van der Waals surface area (Å²) in [5, 5.41) is 2.74. The summed E-state index contributed by atoms with van der Waals surface area (Å²) >= 11 is 5.06. The molecule has 1 aromatic heterocycles. The maximum Gasteiger partial charge on any atom is 0.308 e. The first-order valence-electron chi connectivity index (χ1n) is 7.24. The molecular weight excluding hydrogens is 312 g/mol. The Hall–Kier alpha value is -2.47. The van der Waals surface area contributed by atoms with Gasteiger partial charge in [0.2, 0.25) is 0 Å². The van der Waals surface area contributed by atoms with Crippen LogP contribution in [0.3, 0.4) is 0 Å². The molecule has 0 spiro atoms. The van der Waals surface area contributed by atoms with Crippen molar-refractivity contribution in [3.05, 3.63) is 64.4 Å². The van der Waals surface area contributed by atoms with Gasteiger partial charge in [0.1, 0.15) is 11.2 Å². The fourth-order valence-corrected chi connectivity index (χ4v) is 2.23. The average molecular weight is 330 g/mol. The van der Waals surface area contributed by atoms with E-state index in [1.54, 1.807) is 25.3 Å². The van der Waals surface area contributed by atoms with Gasteiger partial charge in [-0.05, 0) is 24.6 Å². The topological polar surface area (TPSA) is 71.2 Å². The molecule has 0 aliphatic heterocycles. The Balaban J connectivity index is 1.81. The van der Waals surface area contributed by atoms with Gasteiger partial charge in [-0.3, -0.25) is 9.59 Å². The number of aromatic amines is 1. The van der Waals surface area contributed by atoms with E-state index in [0.717, 1.165) is 5.56 Å². The second-order valence-electron chi connectivity index (χ2n) is 5.14. The molecule has 0 radical (unpaired) electrons. The average Bonchev–Trinajstić information content (AvgIpc) is 2.54. The summed E-state index contributed by atoms with van der Waals surface area (Å²) in [6.07, 6.45) is 1.76. The molecule has 0 aliphatic rings. The third-order valence-electron chi connectivity index (χ3n) is 3.16. The third-order valence-corrected chi connectivity index (χ3v) is 3.49. The maximum absolute atomic E-state index is 12.1. The van der Waals surface area contributed by atoms with Crippen molar-refractivity contribution in [2.75, 3.05) is 0 Å². The van der Waals surface area contributed by atoms with E-state index in [1.165, 1.54) is 0 Å². The van der Waals surface area contributed by atoms with Crippen LogP contribution in [0.25, 0.3) is 0 Å². The number of esters is 1. The largest absolute Gasteiger partial charge is 0.461 e. The molecule has 1 heterocycles. The van der Waals surface area contributed by atoms with E-state index in [4.69, 9.17) is 17.0 Å². The molecule has 0 saturated heterocycles. The molecule has 1 unspecified atom stereocenters. The lowest BCUT2D eigenvalue weighted by Gasteiger charge is -2.13. The molecule has 120 valence electrons. The maximum atomic E-state index is 12.1. The third kappa shape index (κ3) is 5.34. The highest BCUT2D eigenvalue weighted by molar-refractivity contribution is 7.71. The Kier molecular flexibility index (Phi) is 6.05. The molecule has 1 atom stereocenters. The van der Waals surface area contributed by atoms with E-state index in [9.17, 15) is 9.59 Å². The van der Waals surface area contributed by atoms with Crippen LogP contribution in [0.2, 0.25) is 0 Å². The van der Waals surface area contributed by atoms with Crippen molar-refractivity contribution < 1.29 is 14.3 Å². The molecule has 6 heteroatoms. The van der Waals surface area contributed by atoms with Gasteiger partial charge in [-0.15, -0.1) is 0 Å². The molecule has 23 heavy (non-hydrogen) atoms. The summed E-state index contributed by atoms with van der Waals surface area (Å²) in [5.41, 5.74) is 1.31. The number of carbonyl (C=O) groups is 2. The molecule has 1 amide bonds. The zero-order valence-electron chi connectivity index (χ0n) is 12.7. The van der Waals surface area contributed by atoms with Crippen LogP contribution in [0.5, 0.6) is 0 Å². The van der Waals surface area contributed by atoms with Crippen LogP contribution in [0.4, 0.5) is 0 Å². The van der Waals surface area contributed by atoms with Gasteiger partial charge in [0, 0.05) is 12.2 Å². The second-order valence-corrected chi connectivity index (χ2v) is 5.55. The van der Waals surface area contributed by atoms with E-state index < -0.39 is 0 Å². The van der Waals surface area contributed by atoms with Crippen molar-refractivity contribution in [2.45, 2.75) is 26.0 Å². The molecule has 5 nitrogen and oxygen atoms in total. The number of rotatable bonds is 6. The molecule has 2 aromatic rings. The lowest BCUT2D eigenvalue weighted by molar-refractivity contribution is -0.145. The van der Waals surface area contributed by atoms with Gasteiger partial charge in [-0.25, -0.2) is 0 Å². The number of ether oxygens (including phenoxy) is 1. The zero-order valence-corrected chi connectivity index (χ0v) is 13.6. The minimum Gasteiger partial charge on any atom is -0.461 e. The van der Waals surface area contributed by atoms with Crippen LogP contribution < -0.4 is 5.32 Å². The van der Waals surface area contributed by atoms with Gasteiger partial charge in [-0.2, -0.15) is 0 Å². The number of nitrogens with one attached hydrogen (secondary N) is 2. The number of benzene rings is 1. The summed E-state index contributed by atoms with van der Waals surface area (Å²) in [6, 6.07) is 12.4. The number of H-pyrrole nitrogens is 1. The van der Waals surface area contributed by atoms with Gasteiger partial charge >= 0.3 is 5.97 Å². The lowest BCUT2D eigenvalue weighted by atomic mass is 10.2. The Morgan fingerprint density at radius 3 is 2.65 bits per heavy atom. The van der Waals surface area contributed by atoms with Gasteiger partial charge in [0.15, 0.2) is 0 Å². The van der Waals surface area contributed by atoms with Crippen LogP contribution in [0, 0.1) is 4.64 Å². The monoisotopic (exact) mass is 330 g/mol. The molecule has 2 rings (SSSR count). The molecule has 0 fully saturated rings. The minimum absolute atomic E-state index is 0.0991. The van der Waals surface area contributed by atoms with Crippen LogP contribution in [0.1, 0.15) is 29.3 Å². The SMILES string of the molecule is CC(CC(=O)OCc1ccccc1)NC(=O)c1ccc[nH]c1=S. The van der Waals surface area contributed by atoms with E-state index in [-0.39, 0.29) is 30.9 Å². The van der Waals surface area contributed by atoms with Crippen LogP contribution >= 0.6 is 12.2 Å².